The number of ether oxygens (including phenoxy) is 1. The lowest BCUT2D eigenvalue weighted by Crippen LogP contribution is -2.07. The molecule has 1 unspecified atom stereocenters. The molecule has 0 aliphatic heterocycles. The van der Waals surface area contributed by atoms with Gasteiger partial charge in [0.15, 0.2) is 0 Å². The Hall–Kier alpha value is -1.44. The van der Waals surface area contributed by atoms with Gasteiger partial charge in [0, 0.05) is 22.1 Å². The van der Waals surface area contributed by atoms with Gasteiger partial charge in [0.1, 0.15) is 5.75 Å². The molecular formula is C14H12Br2N2O3. The van der Waals surface area contributed by atoms with E-state index in [2.05, 4.69) is 31.9 Å². The predicted octanol–water partition coefficient (Wildman–Crippen LogP) is 4.93. The molecule has 110 valence electrons. The van der Waals surface area contributed by atoms with Crippen LogP contribution in [0.1, 0.15) is 18.5 Å². The van der Waals surface area contributed by atoms with Crippen LogP contribution in [-0.2, 0) is 0 Å². The Morgan fingerprint density at radius 2 is 2.00 bits per heavy atom. The Kier molecular flexibility index (Phi) is 4.97. The zero-order chi connectivity index (χ0) is 15.6. The molecule has 0 saturated heterocycles. The van der Waals surface area contributed by atoms with Gasteiger partial charge in [0.2, 0.25) is 5.75 Å². The minimum absolute atomic E-state index is 0.111. The highest BCUT2D eigenvalue weighted by atomic mass is 79.9. The van der Waals surface area contributed by atoms with Crippen molar-refractivity contribution >= 4 is 37.5 Å². The molecule has 1 atom stereocenters. The zero-order valence-corrected chi connectivity index (χ0v) is 14.2. The average Bonchev–Trinajstić information content (AvgIpc) is 2.40. The zero-order valence-electron chi connectivity index (χ0n) is 11.0. The van der Waals surface area contributed by atoms with E-state index in [0.717, 1.165) is 10.0 Å². The number of nitrogens with two attached hydrogens (primary N) is 1. The third-order valence-electron chi connectivity index (χ3n) is 2.82. The van der Waals surface area contributed by atoms with E-state index in [1.54, 1.807) is 18.2 Å². The first kappa shape index (κ1) is 15.9. The van der Waals surface area contributed by atoms with Crippen LogP contribution in [0.25, 0.3) is 0 Å². The Morgan fingerprint density at radius 3 is 2.62 bits per heavy atom. The molecule has 2 N–H and O–H groups in total. The molecule has 0 amide bonds. The van der Waals surface area contributed by atoms with Crippen LogP contribution >= 0.6 is 31.9 Å². The van der Waals surface area contributed by atoms with E-state index < -0.39 is 4.92 Å². The van der Waals surface area contributed by atoms with Crippen molar-refractivity contribution in [3.05, 3.63) is 61.0 Å². The number of rotatable bonds is 4. The second-order valence-corrected chi connectivity index (χ2v) is 6.19. The molecule has 2 rings (SSSR count). The van der Waals surface area contributed by atoms with Gasteiger partial charge in [0.25, 0.3) is 0 Å². The SMILES string of the molecule is CC(N)c1ccc(Br)cc1Oc1c(Br)cccc1[N+](=O)[O-]. The lowest BCUT2D eigenvalue weighted by molar-refractivity contribution is -0.385. The molecule has 21 heavy (non-hydrogen) atoms. The van der Waals surface area contributed by atoms with Gasteiger partial charge < -0.3 is 10.5 Å². The van der Waals surface area contributed by atoms with Gasteiger partial charge in [-0.2, -0.15) is 0 Å². The van der Waals surface area contributed by atoms with Gasteiger partial charge in [0.05, 0.1) is 9.40 Å². The van der Waals surface area contributed by atoms with Crippen LogP contribution in [0, 0.1) is 10.1 Å². The first-order valence-corrected chi connectivity index (χ1v) is 7.64. The number of nitrogens with zero attached hydrogens (tertiary/aromatic N) is 1. The van der Waals surface area contributed by atoms with Crippen LogP contribution in [0.15, 0.2) is 45.3 Å². The van der Waals surface area contributed by atoms with Crippen molar-refractivity contribution in [2.45, 2.75) is 13.0 Å². The van der Waals surface area contributed by atoms with Crippen molar-refractivity contribution in [2.75, 3.05) is 0 Å². The normalized spacial score (nSPS) is 12.0. The monoisotopic (exact) mass is 414 g/mol. The summed E-state index contributed by atoms with van der Waals surface area (Å²) in [5.41, 5.74) is 6.57. The Morgan fingerprint density at radius 1 is 1.29 bits per heavy atom. The largest absolute Gasteiger partial charge is 0.449 e. The molecule has 0 radical (unpaired) electrons. The lowest BCUT2D eigenvalue weighted by Gasteiger charge is -2.15. The summed E-state index contributed by atoms with van der Waals surface area (Å²) in [6.45, 7) is 1.82. The number of nitro groups is 1. The fourth-order valence-electron chi connectivity index (χ4n) is 1.82. The molecule has 2 aromatic rings. The summed E-state index contributed by atoms with van der Waals surface area (Å²) in [5.74, 6) is 0.636. The number of halogens is 2. The van der Waals surface area contributed by atoms with Gasteiger partial charge in [-0.15, -0.1) is 0 Å². The van der Waals surface area contributed by atoms with Crippen molar-refractivity contribution in [1.82, 2.24) is 0 Å². The quantitative estimate of drug-likeness (QED) is 0.567. The number of hydrogen-bond donors (Lipinski definition) is 1. The maximum Gasteiger partial charge on any atom is 0.312 e. The molecular weight excluding hydrogens is 404 g/mol. The Labute approximate surface area is 138 Å². The number of hydrogen-bond acceptors (Lipinski definition) is 4. The molecule has 2 aromatic carbocycles. The van der Waals surface area contributed by atoms with E-state index in [-0.39, 0.29) is 17.5 Å². The van der Waals surface area contributed by atoms with E-state index in [0.29, 0.717) is 10.2 Å². The minimum atomic E-state index is -0.483. The van der Waals surface area contributed by atoms with Crippen LogP contribution in [0.5, 0.6) is 11.5 Å². The summed E-state index contributed by atoms with van der Waals surface area (Å²) >= 11 is 6.64. The van der Waals surface area contributed by atoms with Crippen LogP contribution in [0.2, 0.25) is 0 Å². The van der Waals surface area contributed by atoms with E-state index in [1.165, 1.54) is 6.07 Å². The standard InChI is InChI=1S/C14H12Br2N2O3/c1-8(17)10-6-5-9(15)7-13(10)21-14-11(16)3-2-4-12(14)18(19)20/h2-8H,17H2,1H3. The summed E-state index contributed by atoms with van der Waals surface area (Å²) < 4.78 is 7.09. The van der Waals surface area contributed by atoms with Gasteiger partial charge in [-0.1, -0.05) is 28.1 Å². The highest BCUT2D eigenvalue weighted by Gasteiger charge is 2.20. The maximum absolute atomic E-state index is 11.1. The molecule has 0 saturated carbocycles. The van der Waals surface area contributed by atoms with Crippen molar-refractivity contribution < 1.29 is 9.66 Å². The first-order valence-electron chi connectivity index (χ1n) is 6.06. The van der Waals surface area contributed by atoms with E-state index >= 15 is 0 Å². The van der Waals surface area contributed by atoms with E-state index in [4.69, 9.17) is 10.5 Å². The molecule has 0 aliphatic rings. The third-order valence-corrected chi connectivity index (χ3v) is 3.94. The molecule has 0 bridgehead atoms. The molecule has 0 aromatic heterocycles. The smallest absolute Gasteiger partial charge is 0.312 e. The molecule has 0 spiro atoms. The lowest BCUT2D eigenvalue weighted by atomic mass is 10.1. The molecule has 0 aliphatic carbocycles. The second-order valence-electron chi connectivity index (χ2n) is 4.42. The Balaban J connectivity index is 2.53. The minimum Gasteiger partial charge on any atom is -0.449 e. The summed E-state index contributed by atoms with van der Waals surface area (Å²) in [4.78, 5) is 10.6. The summed E-state index contributed by atoms with van der Waals surface area (Å²) in [5, 5.41) is 11.1. The van der Waals surface area contributed by atoms with Crippen molar-refractivity contribution in [2.24, 2.45) is 5.73 Å². The number of nitro benzene ring substituents is 1. The average molecular weight is 416 g/mol. The van der Waals surface area contributed by atoms with Crippen molar-refractivity contribution in [3.8, 4) is 11.5 Å². The van der Waals surface area contributed by atoms with Gasteiger partial charge in [-0.25, -0.2) is 0 Å². The highest BCUT2D eigenvalue weighted by molar-refractivity contribution is 9.10. The molecule has 0 heterocycles. The van der Waals surface area contributed by atoms with Crippen molar-refractivity contribution in [1.29, 1.82) is 0 Å². The van der Waals surface area contributed by atoms with E-state index in [1.807, 2.05) is 19.1 Å². The third kappa shape index (κ3) is 3.61. The fraction of sp³-hybridized carbons (Fsp3) is 0.143. The van der Waals surface area contributed by atoms with Gasteiger partial charge >= 0.3 is 5.69 Å². The number of benzene rings is 2. The maximum atomic E-state index is 11.1. The molecule has 0 fully saturated rings. The molecule has 7 heteroatoms. The van der Waals surface area contributed by atoms with Crippen LogP contribution in [-0.4, -0.2) is 4.92 Å². The van der Waals surface area contributed by atoms with Gasteiger partial charge in [-0.05, 0) is 41.1 Å². The summed E-state index contributed by atoms with van der Waals surface area (Å²) in [6.07, 6.45) is 0. The molecule has 5 nitrogen and oxygen atoms in total. The van der Waals surface area contributed by atoms with Crippen LogP contribution in [0.3, 0.4) is 0 Å². The highest BCUT2D eigenvalue weighted by Crippen LogP contribution is 2.40. The summed E-state index contributed by atoms with van der Waals surface area (Å²) in [6, 6.07) is 9.82. The Bertz CT molecular complexity index is 690. The van der Waals surface area contributed by atoms with Crippen molar-refractivity contribution in [3.63, 3.8) is 0 Å². The van der Waals surface area contributed by atoms with Gasteiger partial charge in [-0.3, -0.25) is 10.1 Å². The topological polar surface area (TPSA) is 78.4 Å². The van der Waals surface area contributed by atoms with Crippen LogP contribution in [0.4, 0.5) is 5.69 Å². The van der Waals surface area contributed by atoms with Crippen LogP contribution < -0.4 is 10.5 Å². The first-order chi connectivity index (χ1) is 9.90. The summed E-state index contributed by atoms with van der Waals surface area (Å²) in [7, 11) is 0. The predicted molar refractivity (Wildman–Crippen MR) is 87.6 cm³/mol. The fourth-order valence-corrected chi connectivity index (χ4v) is 2.60. The van der Waals surface area contributed by atoms with E-state index in [9.17, 15) is 10.1 Å². The number of para-hydroxylation sites is 1. The second kappa shape index (κ2) is 6.55.